The number of alkyl halides is 2. The number of aliphatic hydroxyl groups excluding tert-OH is 2. The molecule has 0 spiro atoms. The predicted molar refractivity (Wildman–Crippen MR) is 138 cm³/mol. The Morgan fingerprint density at radius 2 is 1.82 bits per heavy atom. The number of hydrogen-bond acceptors (Lipinski definition) is 6. The number of hydrogen-bond donors (Lipinski definition) is 2. The van der Waals surface area contributed by atoms with Crippen molar-refractivity contribution in [1.82, 2.24) is 18.7 Å². The van der Waals surface area contributed by atoms with Gasteiger partial charge in [-0.3, -0.25) is 13.9 Å². The minimum atomic E-state index is -3.41. The number of imidazole rings is 1. The number of halogens is 3. The van der Waals surface area contributed by atoms with Crippen molar-refractivity contribution in [3.8, 4) is 5.75 Å². The molecule has 0 aliphatic heterocycles. The first kappa shape index (κ1) is 27.5. The van der Waals surface area contributed by atoms with E-state index in [0.717, 1.165) is 10.1 Å². The van der Waals surface area contributed by atoms with Crippen LogP contribution in [0, 0.1) is 0 Å². The molecule has 2 aromatic heterocycles. The van der Waals surface area contributed by atoms with Crippen LogP contribution >= 0.6 is 11.6 Å². The van der Waals surface area contributed by atoms with E-state index in [0.29, 0.717) is 17.5 Å². The van der Waals surface area contributed by atoms with Crippen LogP contribution in [0.25, 0.3) is 11.2 Å². The molecular weight excluding hydrogens is 522 g/mol. The van der Waals surface area contributed by atoms with Crippen LogP contribution in [0.3, 0.4) is 0 Å². The highest BCUT2D eigenvalue weighted by Crippen LogP contribution is 2.30. The zero-order chi connectivity index (χ0) is 27.6. The van der Waals surface area contributed by atoms with E-state index in [4.69, 9.17) is 16.3 Å². The van der Waals surface area contributed by atoms with E-state index in [-0.39, 0.29) is 48.9 Å². The van der Waals surface area contributed by atoms with Crippen molar-refractivity contribution >= 4 is 22.8 Å². The smallest absolute Gasteiger partial charge is 0.394 e. The van der Waals surface area contributed by atoms with Gasteiger partial charge in [-0.05, 0) is 41.8 Å². The summed E-state index contributed by atoms with van der Waals surface area (Å²) in [5, 5.41) is 20.2. The highest BCUT2D eigenvalue weighted by atomic mass is 35.5. The van der Waals surface area contributed by atoms with Gasteiger partial charge in [0.1, 0.15) is 11.6 Å². The van der Waals surface area contributed by atoms with Gasteiger partial charge in [-0.15, -0.1) is 0 Å². The Bertz CT molecular complexity index is 1560. The molecule has 0 amide bonds. The molecule has 12 heteroatoms. The molecule has 0 radical (unpaired) electrons. The Hall–Kier alpha value is -3.54. The predicted octanol–water partition coefficient (Wildman–Crippen LogP) is 3.10. The van der Waals surface area contributed by atoms with Crippen molar-refractivity contribution in [3.63, 3.8) is 0 Å². The van der Waals surface area contributed by atoms with Crippen LogP contribution in [-0.2, 0) is 20.1 Å². The molecule has 0 bridgehead atoms. The molecule has 4 aromatic rings. The first-order valence-electron chi connectivity index (χ1n) is 11.9. The van der Waals surface area contributed by atoms with Crippen molar-refractivity contribution in [2.24, 2.45) is 7.05 Å². The number of fused-ring (bicyclic) bond motifs is 1. The van der Waals surface area contributed by atoms with Gasteiger partial charge in [-0.2, -0.15) is 8.78 Å². The summed E-state index contributed by atoms with van der Waals surface area (Å²) in [6.07, 6.45) is -3.21. The summed E-state index contributed by atoms with van der Waals surface area (Å²) >= 11 is 6.04. The Labute approximate surface area is 221 Å². The van der Waals surface area contributed by atoms with E-state index in [1.54, 1.807) is 34.9 Å². The normalized spacial score (nSPS) is 12.7. The highest BCUT2D eigenvalue weighted by molar-refractivity contribution is 6.30. The van der Waals surface area contributed by atoms with E-state index < -0.39 is 29.9 Å². The molecule has 2 heterocycles. The van der Waals surface area contributed by atoms with Crippen LogP contribution in [0.4, 0.5) is 8.78 Å². The Morgan fingerprint density at radius 1 is 1.11 bits per heavy atom. The van der Waals surface area contributed by atoms with Gasteiger partial charge in [0.2, 0.25) is 0 Å². The largest absolute Gasteiger partial charge is 0.433 e. The summed E-state index contributed by atoms with van der Waals surface area (Å²) in [6, 6.07) is 12.8. The minimum absolute atomic E-state index is 0.00739. The van der Waals surface area contributed by atoms with Crippen LogP contribution in [0.2, 0.25) is 5.02 Å². The second-order valence-corrected chi connectivity index (χ2v) is 9.38. The fourth-order valence-corrected chi connectivity index (χ4v) is 4.48. The summed E-state index contributed by atoms with van der Waals surface area (Å²) in [6.45, 7) is 0.105. The molecule has 38 heavy (non-hydrogen) atoms. The fourth-order valence-electron chi connectivity index (χ4n) is 4.35. The summed E-state index contributed by atoms with van der Waals surface area (Å²) < 4.78 is 35.6. The summed E-state index contributed by atoms with van der Waals surface area (Å²) in [5.41, 5.74) is 0.233. The molecule has 2 aromatic carbocycles. The summed E-state index contributed by atoms with van der Waals surface area (Å²) in [7, 11) is 1.48. The molecule has 1 unspecified atom stereocenters. The molecule has 0 fully saturated rings. The third kappa shape index (κ3) is 5.64. The van der Waals surface area contributed by atoms with Gasteiger partial charge < -0.3 is 19.5 Å². The number of aromatic nitrogens is 4. The molecule has 202 valence electrons. The Morgan fingerprint density at radius 3 is 2.45 bits per heavy atom. The maximum atomic E-state index is 13.6. The second-order valence-electron chi connectivity index (χ2n) is 8.95. The maximum absolute atomic E-state index is 13.6. The molecular formula is C26H27ClF2N4O5. The van der Waals surface area contributed by atoms with E-state index in [1.807, 2.05) is 0 Å². The maximum Gasteiger partial charge on any atom is 0.394 e. The quantitative estimate of drug-likeness (QED) is 0.315. The van der Waals surface area contributed by atoms with Gasteiger partial charge in [-0.1, -0.05) is 35.9 Å². The van der Waals surface area contributed by atoms with Crippen LogP contribution < -0.4 is 16.0 Å². The van der Waals surface area contributed by atoms with Gasteiger partial charge >= 0.3 is 11.8 Å². The van der Waals surface area contributed by atoms with E-state index >= 15 is 0 Å². The lowest BCUT2D eigenvalue weighted by molar-refractivity contribution is -0.158. The van der Waals surface area contributed by atoms with Gasteiger partial charge in [0.15, 0.2) is 11.2 Å². The molecule has 2 N–H and O–H groups in total. The number of nitrogens with zero attached hydrogens (tertiary/aromatic N) is 4. The molecule has 0 saturated heterocycles. The average Bonchev–Trinajstić information content (AvgIpc) is 3.23. The van der Waals surface area contributed by atoms with E-state index in [1.165, 1.54) is 29.8 Å². The SMILES string of the molecule is Cn1c(=O)n(CCCO)c(=O)c2c1nc(C(CO)c1cccc(OC(C)(F)F)c1)n2Cc1ccc(Cl)cc1. The van der Waals surface area contributed by atoms with Crippen LogP contribution in [0.5, 0.6) is 5.75 Å². The fraction of sp³-hybridized carbons (Fsp3) is 0.346. The van der Waals surface area contributed by atoms with E-state index in [2.05, 4.69) is 4.98 Å². The van der Waals surface area contributed by atoms with Gasteiger partial charge in [0.05, 0.1) is 12.5 Å². The van der Waals surface area contributed by atoms with Crippen molar-refractivity contribution in [2.45, 2.75) is 38.5 Å². The monoisotopic (exact) mass is 548 g/mol. The summed E-state index contributed by atoms with van der Waals surface area (Å²) in [4.78, 5) is 31.1. The average molecular weight is 549 g/mol. The number of rotatable bonds is 10. The molecule has 0 aliphatic carbocycles. The van der Waals surface area contributed by atoms with Crippen molar-refractivity contribution < 1.29 is 23.7 Å². The molecule has 0 aliphatic rings. The lowest BCUT2D eigenvalue weighted by atomic mass is 9.98. The number of aliphatic hydroxyl groups is 2. The van der Waals surface area contributed by atoms with Crippen LogP contribution in [0.1, 0.15) is 36.2 Å². The standard InChI is InChI=1S/C26H27ClF2N4O5/c1-26(28,29)38-19-6-3-5-17(13-19)20(15-35)22-30-23-21(33(22)14-16-7-9-18(27)10-8-16)24(36)32(11-4-12-34)25(37)31(23)2/h3,5-10,13,20,34-35H,4,11-12,14-15H2,1-2H3. The molecule has 4 rings (SSSR count). The topological polar surface area (TPSA) is 112 Å². The third-order valence-corrected chi connectivity index (χ3v) is 6.36. The van der Waals surface area contributed by atoms with Crippen molar-refractivity contribution in [2.75, 3.05) is 13.2 Å². The molecule has 9 nitrogen and oxygen atoms in total. The number of aryl methyl sites for hydroxylation is 1. The zero-order valence-electron chi connectivity index (χ0n) is 20.8. The van der Waals surface area contributed by atoms with Crippen LogP contribution in [-0.4, -0.2) is 48.2 Å². The Balaban J connectivity index is 1.96. The molecule has 0 saturated carbocycles. The zero-order valence-corrected chi connectivity index (χ0v) is 21.5. The lowest BCUT2D eigenvalue weighted by Crippen LogP contribution is -2.40. The number of benzene rings is 2. The van der Waals surface area contributed by atoms with Crippen molar-refractivity contribution in [3.05, 3.63) is 91.3 Å². The first-order valence-corrected chi connectivity index (χ1v) is 12.2. The second kappa shape index (κ2) is 11.1. The minimum Gasteiger partial charge on any atom is -0.433 e. The first-order chi connectivity index (χ1) is 18.0. The van der Waals surface area contributed by atoms with Gasteiger partial charge in [0.25, 0.3) is 5.56 Å². The summed E-state index contributed by atoms with van der Waals surface area (Å²) in [5.74, 6) is -0.693. The van der Waals surface area contributed by atoms with Crippen molar-refractivity contribution in [1.29, 1.82) is 0 Å². The highest BCUT2D eigenvalue weighted by Gasteiger charge is 2.28. The van der Waals surface area contributed by atoms with E-state index in [9.17, 15) is 28.6 Å². The van der Waals surface area contributed by atoms with Gasteiger partial charge in [-0.25, -0.2) is 9.78 Å². The third-order valence-electron chi connectivity index (χ3n) is 6.11. The van der Waals surface area contributed by atoms with Gasteiger partial charge in [0, 0.05) is 38.7 Å². The van der Waals surface area contributed by atoms with Crippen LogP contribution in [0.15, 0.2) is 58.1 Å². The number of ether oxygens (including phenoxy) is 1. The lowest BCUT2D eigenvalue weighted by Gasteiger charge is -2.19. The molecule has 1 atom stereocenters. The Kier molecular flexibility index (Phi) is 8.00.